The molecular formula is C21H21NO2S. The van der Waals surface area contributed by atoms with Crippen LogP contribution in [0.1, 0.15) is 28.3 Å². The average Bonchev–Trinajstić information content (AvgIpc) is 2.62. The molecule has 0 heterocycles. The third-order valence-electron chi connectivity index (χ3n) is 4.04. The second-order valence-corrected chi connectivity index (χ2v) is 7.87. The average molecular weight is 351 g/mol. The van der Waals surface area contributed by atoms with E-state index in [2.05, 4.69) is 4.72 Å². The van der Waals surface area contributed by atoms with Gasteiger partial charge in [0.2, 0.25) is 10.0 Å². The molecule has 0 aliphatic carbocycles. The summed E-state index contributed by atoms with van der Waals surface area (Å²) in [6, 6.07) is 26.4. The van der Waals surface area contributed by atoms with Crippen molar-refractivity contribution in [1.29, 1.82) is 0 Å². The summed E-state index contributed by atoms with van der Waals surface area (Å²) in [6.45, 7) is 2.01. The number of sulfonamides is 1. The topological polar surface area (TPSA) is 46.2 Å². The van der Waals surface area contributed by atoms with Crippen LogP contribution in [-0.4, -0.2) is 8.42 Å². The van der Waals surface area contributed by atoms with E-state index in [1.54, 1.807) is 0 Å². The molecule has 3 nitrogen and oxygen atoms in total. The summed E-state index contributed by atoms with van der Waals surface area (Å²) in [5.74, 6) is -0.0387. The highest BCUT2D eigenvalue weighted by molar-refractivity contribution is 7.88. The van der Waals surface area contributed by atoms with Crippen LogP contribution in [-0.2, 0) is 15.8 Å². The molecule has 4 heteroatoms. The van der Waals surface area contributed by atoms with Crippen molar-refractivity contribution in [3.63, 3.8) is 0 Å². The summed E-state index contributed by atoms with van der Waals surface area (Å²) in [6.07, 6.45) is 0. The lowest BCUT2D eigenvalue weighted by Gasteiger charge is -2.20. The Morgan fingerprint density at radius 1 is 0.760 bits per heavy atom. The van der Waals surface area contributed by atoms with Gasteiger partial charge in [-0.1, -0.05) is 90.5 Å². The van der Waals surface area contributed by atoms with Crippen molar-refractivity contribution in [1.82, 2.24) is 4.72 Å². The molecule has 0 aliphatic rings. The van der Waals surface area contributed by atoms with Crippen LogP contribution in [0.3, 0.4) is 0 Å². The molecule has 0 fully saturated rings. The van der Waals surface area contributed by atoms with Crippen LogP contribution in [0, 0.1) is 6.92 Å². The maximum Gasteiger partial charge on any atom is 0.216 e. The molecule has 0 saturated heterocycles. The van der Waals surface area contributed by atoms with E-state index < -0.39 is 16.1 Å². The predicted octanol–water partition coefficient (Wildman–Crippen LogP) is 4.20. The Kier molecular flexibility index (Phi) is 5.31. The lowest BCUT2D eigenvalue weighted by atomic mass is 9.99. The Labute approximate surface area is 149 Å². The van der Waals surface area contributed by atoms with Gasteiger partial charge >= 0.3 is 0 Å². The smallest absolute Gasteiger partial charge is 0.212 e. The fourth-order valence-corrected chi connectivity index (χ4v) is 4.09. The van der Waals surface area contributed by atoms with Gasteiger partial charge in [-0.15, -0.1) is 0 Å². The van der Waals surface area contributed by atoms with Crippen LogP contribution >= 0.6 is 0 Å². The molecule has 1 atom stereocenters. The fourth-order valence-electron chi connectivity index (χ4n) is 2.75. The van der Waals surface area contributed by atoms with Gasteiger partial charge in [0.1, 0.15) is 0 Å². The molecule has 3 aromatic rings. The van der Waals surface area contributed by atoms with Gasteiger partial charge in [0.05, 0.1) is 11.8 Å². The molecule has 128 valence electrons. The SMILES string of the molecule is Cc1ccc(C(NS(=O)(=O)Cc2ccccc2)c2ccccc2)cc1. The molecule has 0 aromatic heterocycles. The predicted molar refractivity (Wildman–Crippen MR) is 102 cm³/mol. The highest BCUT2D eigenvalue weighted by Crippen LogP contribution is 2.24. The largest absolute Gasteiger partial charge is 0.216 e. The van der Waals surface area contributed by atoms with Crippen LogP contribution in [0.2, 0.25) is 0 Å². The third-order valence-corrected chi connectivity index (χ3v) is 5.35. The Hall–Kier alpha value is -2.43. The highest BCUT2D eigenvalue weighted by atomic mass is 32.2. The molecule has 1 N–H and O–H groups in total. The molecule has 0 radical (unpaired) electrons. The summed E-state index contributed by atoms with van der Waals surface area (Å²) in [4.78, 5) is 0. The molecular weight excluding hydrogens is 330 g/mol. The molecule has 3 rings (SSSR count). The Morgan fingerprint density at radius 2 is 1.28 bits per heavy atom. The molecule has 0 bridgehead atoms. The first-order valence-corrected chi connectivity index (χ1v) is 9.84. The first-order valence-electron chi connectivity index (χ1n) is 8.19. The zero-order valence-corrected chi connectivity index (χ0v) is 14.9. The first-order chi connectivity index (χ1) is 12.0. The first kappa shape index (κ1) is 17.4. The minimum atomic E-state index is -3.49. The van der Waals surface area contributed by atoms with Gasteiger partial charge in [-0.05, 0) is 23.6 Å². The number of hydrogen-bond acceptors (Lipinski definition) is 2. The van der Waals surface area contributed by atoms with E-state index in [-0.39, 0.29) is 5.75 Å². The second kappa shape index (κ2) is 7.64. The number of aryl methyl sites for hydroxylation is 1. The number of nitrogens with one attached hydrogen (secondary N) is 1. The van der Waals surface area contributed by atoms with E-state index in [0.29, 0.717) is 0 Å². The van der Waals surface area contributed by atoms with Crippen LogP contribution in [0.4, 0.5) is 0 Å². The van der Waals surface area contributed by atoms with Crippen molar-refractivity contribution in [3.05, 3.63) is 107 Å². The lowest BCUT2D eigenvalue weighted by molar-refractivity contribution is 0.571. The van der Waals surface area contributed by atoms with Gasteiger partial charge in [0, 0.05) is 0 Å². The van der Waals surface area contributed by atoms with Crippen molar-refractivity contribution >= 4 is 10.0 Å². The van der Waals surface area contributed by atoms with Gasteiger partial charge in [0.15, 0.2) is 0 Å². The van der Waals surface area contributed by atoms with Gasteiger partial charge in [-0.2, -0.15) is 0 Å². The summed E-state index contributed by atoms with van der Waals surface area (Å²) in [5, 5.41) is 0. The van der Waals surface area contributed by atoms with Crippen molar-refractivity contribution in [2.45, 2.75) is 18.7 Å². The number of hydrogen-bond donors (Lipinski definition) is 1. The maximum atomic E-state index is 12.7. The molecule has 3 aromatic carbocycles. The van der Waals surface area contributed by atoms with Crippen molar-refractivity contribution in [3.8, 4) is 0 Å². The standard InChI is InChI=1S/C21H21NO2S/c1-17-12-14-20(15-13-17)21(19-10-6-3-7-11-19)22-25(23,24)16-18-8-4-2-5-9-18/h2-15,21-22H,16H2,1H3. The summed E-state index contributed by atoms with van der Waals surface area (Å²) >= 11 is 0. The monoisotopic (exact) mass is 351 g/mol. The number of rotatable bonds is 6. The van der Waals surface area contributed by atoms with Crippen molar-refractivity contribution in [2.24, 2.45) is 0 Å². The van der Waals surface area contributed by atoms with E-state index >= 15 is 0 Å². The van der Waals surface area contributed by atoms with Gasteiger partial charge in [-0.25, -0.2) is 13.1 Å². The van der Waals surface area contributed by atoms with Gasteiger partial charge < -0.3 is 0 Å². The van der Waals surface area contributed by atoms with Crippen LogP contribution < -0.4 is 4.72 Å². The minimum Gasteiger partial charge on any atom is -0.212 e. The van der Waals surface area contributed by atoms with E-state index in [1.807, 2.05) is 91.9 Å². The third kappa shape index (κ3) is 4.78. The van der Waals surface area contributed by atoms with Crippen LogP contribution in [0.5, 0.6) is 0 Å². The lowest BCUT2D eigenvalue weighted by Crippen LogP contribution is -2.30. The van der Waals surface area contributed by atoms with Crippen LogP contribution in [0.15, 0.2) is 84.9 Å². The molecule has 1 unspecified atom stereocenters. The summed E-state index contributed by atoms with van der Waals surface area (Å²) in [5.41, 5.74) is 3.75. The Morgan fingerprint density at radius 3 is 1.88 bits per heavy atom. The van der Waals surface area contributed by atoms with Crippen molar-refractivity contribution in [2.75, 3.05) is 0 Å². The minimum absolute atomic E-state index is 0.0387. The number of benzene rings is 3. The molecule has 0 saturated carbocycles. The molecule has 0 aliphatic heterocycles. The molecule has 25 heavy (non-hydrogen) atoms. The molecule has 0 spiro atoms. The quantitative estimate of drug-likeness (QED) is 0.723. The van der Waals surface area contributed by atoms with E-state index in [4.69, 9.17) is 0 Å². The Balaban J connectivity index is 1.91. The van der Waals surface area contributed by atoms with Gasteiger partial charge in [-0.3, -0.25) is 0 Å². The highest BCUT2D eigenvalue weighted by Gasteiger charge is 2.21. The van der Waals surface area contributed by atoms with Crippen LogP contribution in [0.25, 0.3) is 0 Å². The normalized spacial score (nSPS) is 12.7. The zero-order valence-electron chi connectivity index (χ0n) is 14.1. The van der Waals surface area contributed by atoms with E-state index in [1.165, 1.54) is 0 Å². The second-order valence-electron chi connectivity index (χ2n) is 6.12. The van der Waals surface area contributed by atoms with Gasteiger partial charge in [0.25, 0.3) is 0 Å². The zero-order chi connectivity index (χ0) is 17.7. The summed E-state index contributed by atoms with van der Waals surface area (Å²) < 4.78 is 28.3. The summed E-state index contributed by atoms with van der Waals surface area (Å²) in [7, 11) is -3.49. The fraction of sp³-hybridized carbons (Fsp3) is 0.143. The molecule has 0 amide bonds. The maximum absolute atomic E-state index is 12.7. The van der Waals surface area contributed by atoms with Crippen molar-refractivity contribution < 1.29 is 8.42 Å². The van der Waals surface area contributed by atoms with E-state index in [9.17, 15) is 8.42 Å². The Bertz CT molecular complexity index is 905. The van der Waals surface area contributed by atoms with E-state index in [0.717, 1.165) is 22.3 Å².